The highest BCUT2D eigenvalue weighted by molar-refractivity contribution is 9.10. The van der Waals surface area contributed by atoms with Gasteiger partial charge in [-0.2, -0.15) is 5.10 Å². The third kappa shape index (κ3) is 3.83. The Balaban J connectivity index is 1.74. The lowest BCUT2D eigenvalue weighted by molar-refractivity contribution is 0.0959. The van der Waals surface area contributed by atoms with Gasteiger partial charge < -0.3 is 9.47 Å². The van der Waals surface area contributed by atoms with Crippen LogP contribution in [-0.4, -0.2) is 26.3 Å². The molecule has 1 aromatic heterocycles. The summed E-state index contributed by atoms with van der Waals surface area (Å²) < 4.78 is 12.4. The number of ether oxygens (including phenoxy) is 2. The third-order valence-corrected chi connectivity index (χ3v) is 5.19. The number of carbonyl (C=O) groups is 1. The number of carbonyl (C=O) groups excluding carboxylic acids is 1. The highest BCUT2D eigenvalue weighted by atomic mass is 79.9. The zero-order valence-electron chi connectivity index (χ0n) is 13.6. The first-order valence-electron chi connectivity index (χ1n) is 7.36. The summed E-state index contributed by atoms with van der Waals surface area (Å²) in [7, 11) is 3.13. The van der Waals surface area contributed by atoms with E-state index in [0.29, 0.717) is 16.4 Å². The molecule has 0 atom stereocenters. The van der Waals surface area contributed by atoms with Crippen LogP contribution >= 0.6 is 27.3 Å². The molecule has 1 heterocycles. The number of nitrogens with one attached hydrogen (secondary N) is 1. The Morgan fingerprint density at radius 3 is 2.72 bits per heavy atom. The Morgan fingerprint density at radius 1 is 1.20 bits per heavy atom. The second-order valence-electron chi connectivity index (χ2n) is 5.09. The summed E-state index contributed by atoms with van der Waals surface area (Å²) in [6.07, 6.45) is 1.55. The molecule has 1 N–H and O–H groups in total. The van der Waals surface area contributed by atoms with Crippen LogP contribution in [0.2, 0.25) is 0 Å². The molecule has 128 valence electrons. The van der Waals surface area contributed by atoms with Crippen molar-refractivity contribution in [1.29, 1.82) is 0 Å². The first-order chi connectivity index (χ1) is 12.1. The van der Waals surface area contributed by atoms with Crippen molar-refractivity contribution in [3.05, 3.63) is 57.4 Å². The smallest absolute Gasteiger partial charge is 0.281 e. The zero-order chi connectivity index (χ0) is 17.8. The molecule has 5 nitrogen and oxygen atoms in total. The number of hydrogen-bond donors (Lipinski definition) is 1. The van der Waals surface area contributed by atoms with Crippen molar-refractivity contribution in [3.8, 4) is 11.5 Å². The first kappa shape index (κ1) is 17.4. The van der Waals surface area contributed by atoms with Crippen LogP contribution in [0.5, 0.6) is 11.5 Å². The van der Waals surface area contributed by atoms with Gasteiger partial charge in [-0.3, -0.25) is 4.79 Å². The molecule has 0 radical (unpaired) electrons. The summed E-state index contributed by atoms with van der Waals surface area (Å²) in [6.45, 7) is 0. The summed E-state index contributed by atoms with van der Waals surface area (Å²) >= 11 is 4.86. The molecule has 0 unspecified atom stereocenters. The predicted molar refractivity (Wildman–Crippen MR) is 104 cm³/mol. The molecule has 0 fully saturated rings. The van der Waals surface area contributed by atoms with Gasteiger partial charge in [-0.25, -0.2) is 5.43 Å². The molecule has 0 aliphatic carbocycles. The van der Waals surface area contributed by atoms with E-state index in [-0.39, 0.29) is 5.91 Å². The van der Waals surface area contributed by atoms with Crippen molar-refractivity contribution in [2.24, 2.45) is 5.10 Å². The summed E-state index contributed by atoms with van der Waals surface area (Å²) in [6, 6.07) is 13.3. The maximum absolute atomic E-state index is 12.2. The first-order valence-corrected chi connectivity index (χ1v) is 8.97. The van der Waals surface area contributed by atoms with Gasteiger partial charge in [-0.1, -0.05) is 18.2 Å². The number of halogens is 1. The number of rotatable bonds is 5. The van der Waals surface area contributed by atoms with Gasteiger partial charge in [0.05, 0.1) is 29.8 Å². The average Bonchev–Trinajstić information content (AvgIpc) is 3.05. The zero-order valence-corrected chi connectivity index (χ0v) is 16.0. The van der Waals surface area contributed by atoms with Crippen molar-refractivity contribution in [2.75, 3.05) is 14.2 Å². The summed E-state index contributed by atoms with van der Waals surface area (Å²) in [4.78, 5) is 12.8. The average molecular weight is 419 g/mol. The van der Waals surface area contributed by atoms with Crippen LogP contribution in [0.15, 0.2) is 52.0 Å². The highest BCUT2D eigenvalue weighted by Crippen LogP contribution is 2.35. The molecule has 25 heavy (non-hydrogen) atoms. The number of hydrogen-bond acceptors (Lipinski definition) is 5. The second-order valence-corrected chi connectivity index (χ2v) is 7.02. The number of methoxy groups -OCH3 is 2. The topological polar surface area (TPSA) is 59.9 Å². The van der Waals surface area contributed by atoms with Gasteiger partial charge in [-0.15, -0.1) is 11.3 Å². The SMILES string of the molecule is COc1cc(/C=N/NC(=O)c2cc3ccccc3s2)cc(Br)c1OC. The van der Waals surface area contributed by atoms with Crippen molar-refractivity contribution in [2.45, 2.75) is 0 Å². The molecule has 0 bridgehead atoms. The highest BCUT2D eigenvalue weighted by Gasteiger charge is 2.11. The number of nitrogens with zero attached hydrogens (tertiary/aromatic N) is 1. The van der Waals surface area contributed by atoms with Gasteiger partial charge in [0, 0.05) is 4.70 Å². The fourth-order valence-corrected chi connectivity index (χ4v) is 3.90. The van der Waals surface area contributed by atoms with Crippen molar-refractivity contribution in [1.82, 2.24) is 5.43 Å². The summed E-state index contributed by atoms with van der Waals surface area (Å²) in [5.41, 5.74) is 3.31. The Hall–Kier alpha value is -2.38. The van der Waals surface area contributed by atoms with Crippen LogP contribution < -0.4 is 14.9 Å². The fourth-order valence-electron chi connectivity index (χ4n) is 2.33. The number of fused-ring (bicyclic) bond motifs is 1. The lowest BCUT2D eigenvalue weighted by Crippen LogP contribution is -2.16. The molecular formula is C18H15BrN2O3S. The largest absolute Gasteiger partial charge is 0.493 e. The predicted octanol–water partition coefficient (Wildman–Crippen LogP) is 4.44. The molecule has 3 aromatic rings. The van der Waals surface area contributed by atoms with Gasteiger partial charge in [0.15, 0.2) is 11.5 Å². The van der Waals surface area contributed by atoms with E-state index in [4.69, 9.17) is 9.47 Å². The molecule has 0 saturated heterocycles. The molecular weight excluding hydrogens is 404 g/mol. The summed E-state index contributed by atoms with van der Waals surface area (Å²) in [5.74, 6) is 0.945. The molecule has 7 heteroatoms. The van der Waals surface area contributed by atoms with Gasteiger partial charge in [-0.05, 0) is 51.1 Å². The van der Waals surface area contributed by atoms with E-state index >= 15 is 0 Å². The van der Waals surface area contributed by atoms with E-state index in [1.165, 1.54) is 11.3 Å². The van der Waals surface area contributed by atoms with Crippen molar-refractivity contribution in [3.63, 3.8) is 0 Å². The maximum Gasteiger partial charge on any atom is 0.281 e. The number of benzene rings is 2. The third-order valence-electron chi connectivity index (χ3n) is 3.48. The van der Waals surface area contributed by atoms with Crippen LogP contribution in [0.4, 0.5) is 0 Å². The van der Waals surface area contributed by atoms with Gasteiger partial charge in [0.25, 0.3) is 5.91 Å². The van der Waals surface area contributed by atoms with Crippen LogP contribution in [0.1, 0.15) is 15.2 Å². The number of hydrazone groups is 1. The van der Waals surface area contributed by atoms with E-state index in [0.717, 1.165) is 20.1 Å². The van der Waals surface area contributed by atoms with Crippen molar-refractivity contribution < 1.29 is 14.3 Å². The van der Waals surface area contributed by atoms with Crippen LogP contribution in [0.25, 0.3) is 10.1 Å². The van der Waals surface area contributed by atoms with Crippen LogP contribution in [0, 0.1) is 0 Å². The number of amides is 1. The Morgan fingerprint density at radius 2 is 2.00 bits per heavy atom. The molecule has 0 aliphatic heterocycles. The van der Waals surface area contributed by atoms with E-state index in [1.54, 1.807) is 26.5 Å². The molecule has 3 rings (SSSR count). The molecule has 0 aliphatic rings. The Kier molecular flexibility index (Phi) is 5.35. The number of thiophene rings is 1. The monoisotopic (exact) mass is 418 g/mol. The minimum Gasteiger partial charge on any atom is -0.493 e. The minimum atomic E-state index is -0.239. The van der Waals surface area contributed by atoms with Crippen molar-refractivity contribution >= 4 is 49.5 Å². The maximum atomic E-state index is 12.2. The molecule has 0 spiro atoms. The molecule has 2 aromatic carbocycles. The standard InChI is InChI=1S/C18H15BrN2O3S/c1-23-14-8-11(7-13(19)17(14)24-2)10-20-21-18(22)16-9-12-5-3-4-6-15(12)25-16/h3-10H,1-2H3,(H,21,22)/b20-10+. The fraction of sp³-hybridized carbons (Fsp3) is 0.111. The summed E-state index contributed by atoms with van der Waals surface area (Å²) in [5, 5.41) is 5.07. The lowest BCUT2D eigenvalue weighted by Gasteiger charge is -2.10. The van der Waals surface area contributed by atoms with E-state index < -0.39 is 0 Å². The molecule has 0 saturated carbocycles. The van der Waals surface area contributed by atoms with E-state index in [2.05, 4.69) is 26.5 Å². The van der Waals surface area contributed by atoms with Gasteiger partial charge in [0.1, 0.15) is 0 Å². The van der Waals surface area contributed by atoms with E-state index in [1.807, 2.05) is 36.4 Å². The minimum absolute atomic E-state index is 0.239. The van der Waals surface area contributed by atoms with Gasteiger partial charge >= 0.3 is 0 Å². The Labute approximate surface area is 157 Å². The quantitative estimate of drug-likeness (QED) is 0.491. The Bertz CT molecular complexity index is 920. The lowest BCUT2D eigenvalue weighted by atomic mass is 10.2. The molecule has 1 amide bonds. The van der Waals surface area contributed by atoms with E-state index in [9.17, 15) is 4.79 Å². The van der Waals surface area contributed by atoms with Crippen LogP contribution in [0.3, 0.4) is 0 Å². The van der Waals surface area contributed by atoms with Crippen LogP contribution in [-0.2, 0) is 0 Å². The van der Waals surface area contributed by atoms with Gasteiger partial charge in [0.2, 0.25) is 0 Å². The second kappa shape index (κ2) is 7.67. The normalized spacial score (nSPS) is 11.0.